The molecule has 1 nitrogen and oxygen atoms in total. The van der Waals surface area contributed by atoms with E-state index in [1.807, 2.05) is 0 Å². The van der Waals surface area contributed by atoms with Gasteiger partial charge in [0.05, 0.1) is 5.56 Å². The summed E-state index contributed by atoms with van der Waals surface area (Å²) in [5, 5.41) is 3.31. The number of rotatable bonds is 4. The molecule has 0 saturated heterocycles. The molecule has 0 heterocycles. The van der Waals surface area contributed by atoms with Crippen molar-refractivity contribution in [3.05, 3.63) is 70.0 Å². The molecule has 6 heteroatoms. The third-order valence-electron chi connectivity index (χ3n) is 2.91. The van der Waals surface area contributed by atoms with E-state index in [0.29, 0.717) is 16.1 Å². The van der Waals surface area contributed by atoms with Crippen LogP contribution < -0.4 is 5.32 Å². The molecule has 2 aromatic carbocycles. The van der Waals surface area contributed by atoms with Crippen molar-refractivity contribution < 1.29 is 17.6 Å². The molecule has 0 fully saturated rings. The molecule has 21 heavy (non-hydrogen) atoms. The minimum atomic E-state index is -4.37. The van der Waals surface area contributed by atoms with Crippen molar-refractivity contribution in [3.8, 4) is 0 Å². The molecule has 1 N–H and O–H groups in total. The molecule has 0 spiro atoms. The van der Waals surface area contributed by atoms with Crippen LogP contribution in [0.5, 0.6) is 0 Å². The second-order valence-electron chi connectivity index (χ2n) is 4.54. The summed E-state index contributed by atoms with van der Waals surface area (Å²) in [6.07, 6.45) is -4.37. The maximum atomic E-state index is 13.5. The zero-order valence-corrected chi connectivity index (χ0v) is 11.6. The van der Waals surface area contributed by atoms with Crippen molar-refractivity contribution in [1.29, 1.82) is 0 Å². The van der Waals surface area contributed by atoms with Gasteiger partial charge in [-0.1, -0.05) is 29.8 Å². The van der Waals surface area contributed by atoms with Gasteiger partial charge in [0.15, 0.2) is 0 Å². The quantitative estimate of drug-likeness (QED) is 0.800. The van der Waals surface area contributed by atoms with Gasteiger partial charge in [0.2, 0.25) is 0 Å². The minimum Gasteiger partial charge on any atom is -0.309 e. The Morgan fingerprint density at radius 1 is 1.00 bits per heavy atom. The summed E-state index contributed by atoms with van der Waals surface area (Å²) in [6, 6.07) is 9.19. The molecule has 0 atom stereocenters. The van der Waals surface area contributed by atoms with Gasteiger partial charge in [-0.3, -0.25) is 0 Å². The maximum Gasteiger partial charge on any atom is 0.416 e. The minimum absolute atomic E-state index is 0.183. The SMILES string of the molecule is Fc1ccc(Cl)cc1CNCc1cccc(C(F)(F)F)c1. The Morgan fingerprint density at radius 2 is 1.76 bits per heavy atom. The van der Waals surface area contributed by atoms with Gasteiger partial charge in [0.25, 0.3) is 0 Å². The van der Waals surface area contributed by atoms with Crippen LogP contribution in [0.1, 0.15) is 16.7 Å². The Balaban J connectivity index is 1.99. The molecule has 0 bridgehead atoms. The second-order valence-corrected chi connectivity index (χ2v) is 4.97. The summed E-state index contributed by atoms with van der Waals surface area (Å²) < 4.78 is 51.2. The van der Waals surface area contributed by atoms with E-state index in [-0.39, 0.29) is 13.1 Å². The van der Waals surface area contributed by atoms with Gasteiger partial charge in [0.1, 0.15) is 5.82 Å². The van der Waals surface area contributed by atoms with Gasteiger partial charge in [-0.05, 0) is 29.8 Å². The van der Waals surface area contributed by atoms with Crippen molar-refractivity contribution in [2.24, 2.45) is 0 Å². The first-order valence-corrected chi connectivity index (χ1v) is 6.55. The highest BCUT2D eigenvalue weighted by molar-refractivity contribution is 6.30. The summed E-state index contributed by atoms with van der Waals surface area (Å²) in [6.45, 7) is 0.387. The summed E-state index contributed by atoms with van der Waals surface area (Å²) in [5.74, 6) is -0.407. The third kappa shape index (κ3) is 4.44. The van der Waals surface area contributed by atoms with E-state index < -0.39 is 17.6 Å². The highest BCUT2D eigenvalue weighted by Crippen LogP contribution is 2.29. The van der Waals surface area contributed by atoms with E-state index in [1.54, 1.807) is 6.07 Å². The van der Waals surface area contributed by atoms with Crippen LogP contribution in [0.3, 0.4) is 0 Å². The van der Waals surface area contributed by atoms with Crippen LogP contribution in [0.4, 0.5) is 17.6 Å². The van der Waals surface area contributed by atoms with Gasteiger partial charge >= 0.3 is 6.18 Å². The molecule has 0 unspecified atom stereocenters. The zero-order chi connectivity index (χ0) is 15.5. The lowest BCUT2D eigenvalue weighted by Crippen LogP contribution is -2.14. The molecule has 0 aliphatic rings. The average molecular weight is 318 g/mol. The Hall–Kier alpha value is -1.59. The number of halogens is 5. The predicted octanol–water partition coefficient (Wildman–Crippen LogP) is 4.79. The van der Waals surface area contributed by atoms with Crippen molar-refractivity contribution in [3.63, 3.8) is 0 Å². The van der Waals surface area contributed by atoms with E-state index in [4.69, 9.17) is 11.6 Å². The Labute approximate surface area is 124 Å². The molecule has 0 aliphatic heterocycles. The van der Waals surface area contributed by atoms with Crippen molar-refractivity contribution in [2.45, 2.75) is 19.3 Å². The predicted molar refractivity (Wildman–Crippen MR) is 73.4 cm³/mol. The van der Waals surface area contributed by atoms with Crippen LogP contribution >= 0.6 is 11.6 Å². The lowest BCUT2D eigenvalue weighted by molar-refractivity contribution is -0.137. The van der Waals surface area contributed by atoms with Crippen LogP contribution in [0.2, 0.25) is 5.02 Å². The highest BCUT2D eigenvalue weighted by Gasteiger charge is 2.30. The van der Waals surface area contributed by atoms with Crippen LogP contribution in [0.25, 0.3) is 0 Å². The van der Waals surface area contributed by atoms with Crippen LogP contribution in [-0.4, -0.2) is 0 Å². The van der Waals surface area contributed by atoms with Crippen LogP contribution in [0, 0.1) is 5.82 Å². The molecule has 0 saturated carbocycles. The lowest BCUT2D eigenvalue weighted by Gasteiger charge is -2.10. The first-order valence-electron chi connectivity index (χ1n) is 6.17. The Morgan fingerprint density at radius 3 is 2.48 bits per heavy atom. The first kappa shape index (κ1) is 15.8. The van der Waals surface area contributed by atoms with Gasteiger partial charge in [-0.25, -0.2) is 4.39 Å². The number of hydrogen-bond acceptors (Lipinski definition) is 1. The second kappa shape index (κ2) is 6.45. The molecule has 0 aromatic heterocycles. The average Bonchev–Trinajstić information content (AvgIpc) is 2.42. The fraction of sp³-hybridized carbons (Fsp3) is 0.200. The maximum absolute atomic E-state index is 13.5. The molecule has 2 aromatic rings. The fourth-order valence-corrected chi connectivity index (χ4v) is 2.07. The fourth-order valence-electron chi connectivity index (χ4n) is 1.88. The van der Waals surface area contributed by atoms with Gasteiger partial charge in [0, 0.05) is 23.7 Å². The van der Waals surface area contributed by atoms with Crippen LogP contribution in [-0.2, 0) is 19.3 Å². The number of benzene rings is 2. The summed E-state index contributed by atoms with van der Waals surface area (Å²) in [4.78, 5) is 0. The van der Waals surface area contributed by atoms with Crippen molar-refractivity contribution in [1.82, 2.24) is 5.32 Å². The molecule has 2 rings (SSSR count). The van der Waals surface area contributed by atoms with Crippen LogP contribution in [0.15, 0.2) is 42.5 Å². The molecular weight excluding hydrogens is 306 g/mol. The van der Waals surface area contributed by atoms with E-state index >= 15 is 0 Å². The Kier molecular flexibility index (Phi) is 4.85. The zero-order valence-electron chi connectivity index (χ0n) is 10.8. The highest BCUT2D eigenvalue weighted by atomic mass is 35.5. The summed E-state index contributed by atoms with van der Waals surface area (Å²) in [5.41, 5.74) is 0.150. The van der Waals surface area contributed by atoms with Gasteiger partial charge in [-0.15, -0.1) is 0 Å². The molecule has 0 radical (unpaired) electrons. The van der Waals surface area contributed by atoms with E-state index in [2.05, 4.69) is 5.32 Å². The van der Waals surface area contributed by atoms with Gasteiger partial charge < -0.3 is 5.32 Å². The number of hydrogen-bond donors (Lipinski definition) is 1. The summed E-state index contributed by atoms with van der Waals surface area (Å²) >= 11 is 5.76. The molecule has 0 aliphatic carbocycles. The normalized spacial score (nSPS) is 11.7. The lowest BCUT2D eigenvalue weighted by atomic mass is 10.1. The largest absolute Gasteiger partial charge is 0.416 e. The van der Waals surface area contributed by atoms with E-state index in [1.165, 1.54) is 24.3 Å². The van der Waals surface area contributed by atoms with E-state index in [9.17, 15) is 17.6 Å². The smallest absolute Gasteiger partial charge is 0.309 e. The molecule has 112 valence electrons. The standard InChI is InChI=1S/C15H12ClF4N/c16-13-4-5-14(17)11(7-13)9-21-8-10-2-1-3-12(6-10)15(18,19)20/h1-7,21H,8-9H2. The molecular formula is C15H12ClF4N. The number of alkyl halides is 3. The third-order valence-corrected chi connectivity index (χ3v) is 3.14. The monoisotopic (exact) mass is 317 g/mol. The number of nitrogens with one attached hydrogen (secondary N) is 1. The topological polar surface area (TPSA) is 12.0 Å². The first-order chi connectivity index (χ1) is 9.86. The van der Waals surface area contributed by atoms with Gasteiger partial charge in [-0.2, -0.15) is 13.2 Å². The summed E-state index contributed by atoms with van der Waals surface area (Å²) in [7, 11) is 0. The van der Waals surface area contributed by atoms with Crippen molar-refractivity contribution >= 4 is 11.6 Å². The van der Waals surface area contributed by atoms with E-state index in [0.717, 1.165) is 12.1 Å². The Bertz CT molecular complexity index is 625. The molecule has 0 amide bonds. The van der Waals surface area contributed by atoms with Crippen molar-refractivity contribution in [2.75, 3.05) is 0 Å².